The van der Waals surface area contributed by atoms with Gasteiger partial charge in [-0.25, -0.2) is 0 Å². The lowest BCUT2D eigenvalue weighted by Crippen LogP contribution is -2.44. The van der Waals surface area contributed by atoms with Gasteiger partial charge in [0.25, 0.3) is 5.69 Å². The first-order chi connectivity index (χ1) is 17.4. The summed E-state index contributed by atoms with van der Waals surface area (Å²) in [6, 6.07) is 17.3. The molecule has 1 atom stereocenters. The van der Waals surface area contributed by atoms with Gasteiger partial charge in [-0.3, -0.25) is 10.1 Å². The van der Waals surface area contributed by atoms with Crippen LogP contribution in [0.5, 0.6) is 23.0 Å². The van der Waals surface area contributed by atoms with Gasteiger partial charge in [0.05, 0.1) is 32.3 Å². The van der Waals surface area contributed by atoms with E-state index in [9.17, 15) is 10.1 Å². The number of anilines is 1. The van der Waals surface area contributed by atoms with Gasteiger partial charge < -0.3 is 29.2 Å². The Bertz CT molecular complexity index is 1230. The maximum atomic E-state index is 11.0. The summed E-state index contributed by atoms with van der Waals surface area (Å²) in [4.78, 5) is 12.6. The first-order valence-corrected chi connectivity index (χ1v) is 11.7. The van der Waals surface area contributed by atoms with Gasteiger partial charge in [-0.15, -0.1) is 0 Å². The number of nitro groups is 1. The number of hydrogen-bond donors (Lipinski definition) is 1. The number of thiocarbonyl (C=S) groups is 1. The number of fused-ring (bicyclic) bond motifs is 1. The quantitative estimate of drug-likeness (QED) is 0.256. The molecule has 0 aliphatic carbocycles. The van der Waals surface area contributed by atoms with E-state index in [0.29, 0.717) is 41.2 Å². The fourth-order valence-corrected chi connectivity index (χ4v) is 4.50. The minimum atomic E-state index is -0.433. The van der Waals surface area contributed by atoms with Crippen LogP contribution in [0.1, 0.15) is 17.2 Å². The summed E-state index contributed by atoms with van der Waals surface area (Å²) in [6.07, 6.45) is 0.747. The number of nitro benzene ring substituents is 1. The summed E-state index contributed by atoms with van der Waals surface area (Å²) in [5, 5.41) is 14.7. The van der Waals surface area contributed by atoms with Crippen molar-refractivity contribution in [2.24, 2.45) is 0 Å². The molecular formula is C26H27N3O6S. The minimum Gasteiger partial charge on any atom is -0.497 e. The number of ether oxygens (including phenoxy) is 4. The lowest BCUT2D eigenvalue weighted by Gasteiger charge is -2.39. The van der Waals surface area contributed by atoms with E-state index >= 15 is 0 Å². The predicted molar refractivity (Wildman–Crippen MR) is 141 cm³/mol. The first-order valence-electron chi connectivity index (χ1n) is 11.3. The van der Waals surface area contributed by atoms with E-state index in [1.165, 1.54) is 12.1 Å². The molecule has 10 heteroatoms. The van der Waals surface area contributed by atoms with Crippen molar-refractivity contribution in [2.75, 3.05) is 39.8 Å². The van der Waals surface area contributed by atoms with E-state index in [-0.39, 0.29) is 11.7 Å². The molecule has 0 fully saturated rings. The van der Waals surface area contributed by atoms with Crippen LogP contribution in [0, 0.1) is 10.1 Å². The highest BCUT2D eigenvalue weighted by molar-refractivity contribution is 7.80. The van der Waals surface area contributed by atoms with Crippen molar-refractivity contribution in [2.45, 2.75) is 12.5 Å². The number of nitrogens with one attached hydrogen (secondary N) is 1. The van der Waals surface area contributed by atoms with Crippen molar-refractivity contribution in [3.63, 3.8) is 0 Å². The Kier molecular flexibility index (Phi) is 7.74. The molecule has 0 aromatic heterocycles. The first kappa shape index (κ1) is 25.1. The monoisotopic (exact) mass is 509 g/mol. The molecule has 1 heterocycles. The second-order valence-electron chi connectivity index (χ2n) is 8.09. The Morgan fingerprint density at radius 3 is 2.25 bits per heavy atom. The zero-order valence-corrected chi connectivity index (χ0v) is 21.0. The minimum absolute atomic E-state index is 0.0187. The Morgan fingerprint density at radius 1 is 1.00 bits per heavy atom. The highest BCUT2D eigenvalue weighted by Gasteiger charge is 2.31. The normalized spacial score (nSPS) is 14.4. The fraction of sp³-hybridized carbons (Fsp3) is 0.269. The van der Waals surface area contributed by atoms with E-state index in [0.717, 1.165) is 23.3 Å². The second-order valence-corrected chi connectivity index (χ2v) is 8.47. The van der Waals surface area contributed by atoms with Crippen molar-refractivity contribution in [3.05, 3.63) is 81.9 Å². The molecular weight excluding hydrogens is 482 g/mol. The van der Waals surface area contributed by atoms with Crippen LogP contribution in [0.4, 0.5) is 11.4 Å². The number of benzene rings is 3. The third-order valence-electron chi connectivity index (χ3n) is 6.06. The summed E-state index contributed by atoms with van der Waals surface area (Å²) in [7, 11) is 4.84. The van der Waals surface area contributed by atoms with Crippen LogP contribution >= 0.6 is 12.2 Å². The van der Waals surface area contributed by atoms with Gasteiger partial charge in [0.2, 0.25) is 0 Å². The van der Waals surface area contributed by atoms with Crippen molar-refractivity contribution >= 4 is 28.7 Å². The molecule has 0 spiro atoms. The summed E-state index contributed by atoms with van der Waals surface area (Å²) in [6.45, 7) is 0.981. The maximum absolute atomic E-state index is 11.0. The van der Waals surface area contributed by atoms with Gasteiger partial charge in [-0.2, -0.15) is 0 Å². The summed E-state index contributed by atoms with van der Waals surface area (Å²) >= 11 is 5.77. The molecule has 0 saturated carbocycles. The van der Waals surface area contributed by atoms with E-state index in [4.69, 9.17) is 31.2 Å². The highest BCUT2D eigenvalue weighted by Crippen LogP contribution is 2.39. The van der Waals surface area contributed by atoms with Crippen LogP contribution in [0.25, 0.3) is 0 Å². The molecule has 3 aromatic carbocycles. The maximum Gasteiger partial charge on any atom is 0.269 e. The molecule has 0 radical (unpaired) electrons. The van der Waals surface area contributed by atoms with Gasteiger partial charge in [0.1, 0.15) is 18.1 Å². The van der Waals surface area contributed by atoms with Crippen LogP contribution < -0.4 is 24.3 Å². The Balaban J connectivity index is 1.61. The Hall–Kier alpha value is -4.05. The molecule has 0 saturated heterocycles. The summed E-state index contributed by atoms with van der Waals surface area (Å²) < 4.78 is 22.5. The van der Waals surface area contributed by atoms with Crippen LogP contribution in [0.3, 0.4) is 0 Å². The van der Waals surface area contributed by atoms with Gasteiger partial charge in [0.15, 0.2) is 16.6 Å². The zero-order chi connectivity index (χ0) is 25.7. The molecule has 3 aromatic rings. The number of hydrogen-bond acceptors (Lipinski definition) is 7. The van der Waals surface area contributed by atoms with Crippen LogP contribution in [-0.4, -0.2) is 49.4 Å². The van der Waals surface area contributed by atoms with Crippen molar-refractivity contribution in [1.82, 2.24) is 4.90 Å². The third kappa shape index (κ3) is 5.44. The average molecular weight is 510 g/mol. The average Bonchev–Trinajstić information content (AvgIpc) is 2.91. The van der Waals surface area contributed by atoms with Gasteiger partial charge in [-0.1, -0.05) is 0 Å². The lowest BCUT2D eigenvalue weighted by atomic mass is 9.92. The molecule has 0 amide bonds. The highest BCUT2D eigenvalue weighted by atomic mass is 32.1. The molecule has 36 heavy (non-hydrogen) atoms. The van der Waals surface area contributed by atoms with Gasteiger partial charge in [0, 0.05) is 24.4 Å². The van der Waals surface area contributed by atoms with E-state index in [1.54, 1.807) is 33.5 Å². The van der Waals surface area contributed by atoms with E-state index in [1.807, 2.05) is 36.4 Å². The van der Waals surface area contributed by atoms with E-state index in [2.05, 4.69) is 10.2 Å². The molecule has 0 bridgehead atoms. The number of rotatable bonds is 8. The molecule has 1 aliphatic rings. The van der Waals surface area contributed by atoms with Crippen LogP contribution in [0.2, 0.25) is 0 Å². The zero-order valence-electron chi connectivity index (χ0n) is 20.2. The molecule has 1 aliphatic heterocycles. The molecule has 9 nitrogen and oxygen atoms in total. The number of methoxy groups -OCH3 is 3. The number of nitrogens with zero attached hydrogens (tertiary/aromatic N) is 2. The van der Waals surface area contributed by atoms with Crippen molar-refractivity contribution < 1.29 is 23.9 Å². The molecule has 0 unspecified atom stereocenters. The third-order valence-corrected chi connectivity index (χ3v) is 6.40. The standard InChI is InChI=1S/C26H27N3O6S/c1-32-20-8-10-21(11-9-20)35-16-23-22-15-25(34-3)24(33-2)14-17(22)12-13-28(23)26(36)27-18-4-6-19(7-5-18)29(30)31/h4-11,14-15,23H,12-13,16H2,1-3H3,(H,27,36)/t23-/m1/s1. The molecule has 1 N–H and O–H groups in total. The summed E-state index contributed by atoms with van der Waals surface area (Å²) in [5.74, 6) is 2.75. The van der Waals surface area contributed by atoms with Crippen LogP contribution in [0.15, 0.2) is 60.7 Å². The molecule has 188 valence electrons. The largest absolute Gasteiger partial charge is 0.497 e. The van der Waals surface area contributed by atoms with Crippen molar-refractivity contribution in [3.8, 4) is 23.0 Å². The second kappa shape index (κ2) is 11.1. The SMILES string of the molecule is COc1ccc(OC[C@@H]2c3cc(OC)c(OC)cc3CCN2C(=S)Nc2ccc([N+](=O)[O-])cc2)cc1. The van der Waals surface area contributed by atoms with Gasteiger partial charge >= 0.3 is 0 Å². The van der Waals surface area contributed by atoms with E-state index < -0.39 is 4.92 Å². The Morgan fingerprint density at radius 2 is 1.64 bits per heavy atom. The van der Waals surface area contributed by atoms with Gasteiger partial charge in [-0.05, 0) is 78.3 Å². The fourth-order valence-electron chi connectivity index (χ4n) is 4.16. The smallest absolute Gasteiger partial charge is 0.269 e. The van der Waals surface area contributed by atoms with Crippen LogP contribution in [-0.2, 0) is 6.42 Å². The van der Waals surface area contributed by atoms with Crippen molar-refractivity contribution in [1.29, 1.82) is 0 Å². The number of non-ortho nitro benzene ring substituents is 1. The Labute approximate surface area is 214 Å². The lowest BCUT2D eigenvalue weighted by molar-refractivity contribution is -0.384. The topological polar surface area (TPSA) is 95.3 Å². The molecule has 4 rings (SSSR count). The predicted octanol–water partition coefficient (Wildman–Crippen LogP) is 5.00. The summed E-state index contributed by atoms with van der Waals surface area (Å²) in [5.41, 5.74) is 2.84.